The standard InChI is InChI=1S/C17H18FN2O2PS.C12H9N3O3/c1-3-19-15(21)12(16(22)20(4-2)17(19)24)8-5-7-11-13(18)9-6-10-14(11)23;16-10-9(11(17)15-12(18)14-10)5-1-3-8-4-2-6-13-7-8/h5-10H,3-4,23H2,1-2H3;1-7H,(H2,14,15,16,17,18)/b7-5+;3-1+. The largest absolute Gasteiger partial charge is 0.328 e. The molecule has 2 aromatic rings. The van der Waals surface area contributed by atoms with E-state index in [-0.39, 0.29) is 22.1 Å². The third kappa shape index (κ3) is 7.74. The fourth-order valence-corrected chi connectivity index (χ4v) is 4.50. The molecule has 2 aliphatic heterocycles. The highest BCUT2D eigenvalue weighted by Gasteiger charge is 2.37. The molecule has 0 bridgehead atoms. The van der Waals surface area contributed by atoms with Crippen molar-refractivity contribution in [2.24, 2.45) is 0 Å². The number of nitrogens with one attached hydrogen (secondary N) is 2. The smallest absolute Gasteiger partial charge is 0.285 e. The van der Waals surface area contributed by atoms with Crippen molar-refractivity contribution in [1.82, 2.24) is 25.4 Å². The van der Waals surface area contributed by atoms with E-state index in [0.717, 1.165) is 5.56 Å². The highest BCUT2D eigenvalue weighted by Crippen LogP contribution is 2.18. The van der Waals surface area contributed by atoms with Crippen molar-refractivity contribution in [2.45, 2.75) is 13.8 Å². The first-order valence-electron chi connectivity index (χ1n) is 12.6. The Labute approximate surface area is 249 Å². The number of pyridine rings is 1. The molecule has 2 aliphatic rings. The second-order valence-electron chi connectivity index (χ2n) is 8.53. The van der Waals surface area contributed by atoms with Gasteiger partial charge in [-0.25, -0.2) is 9.18 Å². The van der Waals surface area contributed by atoms with E-state index in [4.69, 9.17) is 12.2 Å². The zero-order valence-electron chi connectivity index (χ0n) is 22.7. The Morgan fingerprint density at radius 2 is 1.48 bits per heavy atom. The summed E-state index contributed by atoms with van der Waals surface area (Å²) < 4.78 is 13.8. The number of carbonyl (C=O) groups excluding carboxylic acids is 5. The van der Waals surface area contributed by atoms with Gasteiger partial charge in [0.05, 0.1) is 0 Å². The minimum atomic E-state index is -0.807. The molecule has 2 fully saturated rings. The summed E-state index contributed by atoms with van der Waals surface area (Å²) in [4.78, 5) is 65.0. The topological polar surface area (TPSA) is 129 Å². The molecule has 6 amide bonds. The van der Waals surface area contributed by atoms with E-state index in [1.807, 2.05) is 16.7 Å². The van der Waals surface area contributed by atoms with E-state index >= 15 is 0 Å². The number of allylic oxidation sites excluding steroid dienone is 4. The summed E-state index contributed by atoms with van der Waals surface area (Å²) in [5, 5.41) is 4.88. The molecule has 1 aromatic carbocycles. The number of barbiturate groups is 1. The van der Waals surface area contributed by atoms with Gasteiger partial charge in [-0.1, -0.05) is 42.5 Å². The van der Waals surface area contributed by atoms with Crippen LogP contribution in [0, 0.1) is 5.82 Å². The van der Waals surface area contributed by atoms with Gasteiger partial charge < -0.3 is 0 Å². The third-order valence-electron chi connectivity index (χ3n) is 5.84. The lowest BCUT2D eigenvalue weighted by molar-refractivity contribution is -0.133. The van der Waals surface area contributed by atoms with Gasteiger partial charge in [0.1, 0.15) is 17.0 Å². The van der Waals surface area contributed by atoms with Crippen molar-refractivity contribution in [2.75, 3.05) is 13.1 Å². The summed E-state index contributed by atoms with van der Waals surface area (Å²) in [5.41, 5.74) is 1.13. The predicted molar refractivity (Wildman–Crippen MR) is 163 cm³/mol. The molecule has 13 heteroatoms. The highest BCUT2D eigenvalue weighted by molar-refractivity contribution is 7.80. The lowest BCUT2D eigenvalue weighted by atomic mass is 10.1. The molecule has 0 radical (unpaired) electrons. The van der Waals surface area contributed by atoms with Crippen LogP contribution >= 0.6 is 21.5 Å². The first-order valence-corrected chi connectivity index (χ1v) is 13.6. The summed E-state index contributed by atoms with van der Waals surface area (Å²) in [5.74, 6) is -2.65. The summed E-state index contributed by atoms with van der Waals surface area (Å²) >= 11 is 5.19. The van der Waals surface area contributed by atoms with Gasteiger partial charge in [-0.15, -0.1) is 9.24 Å². The van der Waals surface area contributed by atoms with Crippen LogP contribution in [0.2, 0.25) is 0 Å². The lowest BCUT2D eigenvalue weighted by Crippen LogP contribution is -2.55. The van der Waals surface area contributed by atoms with Crippen molar-refractivity contribution in [1.29, 1.82) is 0 Å². The van der Waals surface area contributed by atoms with Crippen molar-refractivity contribution in [3.8, 4) is 0 Å². The molecule has 0 saturated carbocycles. The molecule has 2 saturated heterocycles. The Hall–Kier alpha value is -4.67. The van der Waals surface area contributed by atoms with Crippen LogP contribution < -0.4 is 15.9 Å². The average molecular weight is 608 g/mol. The summed E-state index contributed by atoms with van der Waals surface area (Å²) in [7, 11) is 2.45. The number of urea groups is 1. The summed E-state index contributed by atoms with van der Waals surface area (Å²) in [6.07, 6.45) is 12.3. The number of benzene rings is 1. The van der Waals surface area contributed by atoms with Gasteiger partial charge in [0.25, 0.3) is 23.6 Å². The fraction of sp³-hybridized carbons (Fsp3) is 0.138. The number of rotatable bonds is 6. The molecule has 216 valence electrons. The molecule has 1 aromatic heterocycles. The number of imide groups is 2. The van der Waals surface area contributed by atoms with Gasteiger partial charge in [-0.2, -0.15) is 0 Å². The van der Waals surface area contributed by atoms with Crippen LogP contribution in [0.4, 0.5) is 9.18 Å². The van der Waals surface area contributed by atoms with E-state index in [9.17, 15) is 28.4 Å². The van der Waals surface area contributed by atoms with Crippen LogP contribution in [-0.2, 0) is 19.2 Å². The molecule has 42 heavy (non-hydrogen) atoms. The first kappa shape index (κ1) is 31.9. The molecule has 0 spiro atoms. The van der Waals surface area contributed by atoms with Crippen molar-refractivity contribution in [3.63, 3.8) is 0 Å². The van der Waals surface area contributed by atoms with Gasteiger partial charge >= 0.3 is 6.03 Å². The fourth-order valence-electron chi connectivity index (χ4n) is 3.73. The molecule has 10 nitrogen and oxygen atoms in total. The number of thiocarbonyl (C=S) groups is 1. The van der Waals surface area contributed by atoms with Crippen LogP contribution in [0.5, 0.6) is 0 Å². The van der Waals surface area contributed by atoms with Crippen LogP contribution in [0.3, 0.4) is 0 Å². The molecule has 4 rings (SSSR count). The van der Waals surface area contributed by atoms with Gasteiger partial charge in [0.15, 0.2) is 5.11 Å². The summed E-state index contributed by atoms with van der Waals surface area (Å²) in [6, 6.07) is 7.51. The first-order chi connectivity index (χ1) is 20.1. The molecular weight excluding hydrogens is 580 g/mol. The van der Waals surface area contributed by atoms with Crippen LogP contribution in [0.15, 0.2) is 78.2 Å². The van der Waals surface area contributed by atoms with E-state index in [2.05, 4.69) is 14.2 Å². The highest BCUT2D eigenvalue weighted by atomic mass is 32.1. The molecule has 0 aliphatic carbocycles. The number of hydrogen-bond donors (Lipinski definition) is 2. The number of hydrogen-bond acceptors (Lipinski definition) is 7. The lowest BCUT2D eigenvalue weighted by Gasteiger charge is -2.35. The maximum absolute atomic E-state index is 13.8. The monoisotopic (exact) mass is 607 g/mol. The number of aromatic nitrogens is 1. The van der Waals surface area contributed by atoms with Crippen LogP contribution in [0.25, 0.3) is 12.2 Å². The normalized spacial score (nSPS) is 15.6. The van der Waals surface area contributed by atoms with Crippen LogP contribution in [0.1, 0.15) is 25.0 Å². The Morgan fingerprint density at radius 1 is 0.881 bits per heavy atom. The second-order valence-corrected chi connectivity index (χ2v) is 9.51. The molecule has 1 atom stereocenters. The molecule has 2 N–H and O–H groups in total. The number of nitrogens with zero attached hydrogens (tertiary/aromatic N) is 3. The molecular formula is C29H27FN5O5PS. The third-order valence-corrected chi connectivity index (χ3v) is 6.78. The van der Waals surface area contributed by atoms with E-state index in [0.29, 0.717) is 24.0 Å². The number of halogens is 1. The molecule has 3 heterocycles. The second kappa shape index (κ2) is 14.8. The number of likely N-dealkylation sites (N-methyl/N-ethyl adjacent to an activating group) is 2. The van der Waals surface area contributed by atoms with Crippen molar-refractivity contribution >= 4 is 73.7 Å². The average Bonchev–Trinajstić information content (AvgIpc) is 2.95. The Balaban J connectivity index is 0.000000240. The van der Waals surface area contributed by atoms with Crippen molar-refractivity contribution < 1.29 is 28.4 Å². The van der Waals surface area contributed by atoms with Crippen molar-refractivity contribution in [3.05, 3.63) is 95.1 Å². The Bertz CT molecular complexity index is 1480. The SMILES string of the molecule is CCN1C(=O)C(=C/C=C/c2c(F)cccc2P)C(=O)N(CC)C1=S.O=C1NC(=O)C(=C/C=C/c2cccnc2)C(=O)N1. The number of amides is 6. The Kier molecular flexibility index (Phi) is 11.2. The Morgan fingerprint density at radius 3 is 2.02 bits per heavy atom. The van der Waals surface area contributed by atoms with E-state index in [1.165, 1.54) is 40.2 Å². The minimum Gasteiger partial charge on any atom is -0.285 e. The summed E-state index contributed by atoms with van der Waals surface area (Å²) in [6.45, 7) is 4.35. The van der Waals surface area contributed by atoms with Crippen LogP contribution in [-0.4, -0.2) is 62.6 Å². The zero-order valence-corrected chi connectivity index (χ0v) is 24.6. The number of carbonyl (C=O) groups is 5. The van der Waals surface area contributed by atoms with Gasteiger partial charge in [0, 0.05) is 31.0 Å². The maximum atomic E-state index is 13.8. The van der Waals surface area contributed by atoms with E-state index in [1.54, 1.807) is 56.6 Å². The maximum Gasteiger partial charge on any atom is 0.328 e. The van der Waals surface area contributed by atoms with Gasteiger partial charge in [-0.05, 0) is 61.2 Å². The van der Waals surface area contributed by atoms with E-state index < -0.39 is 29.7 Å². The van der Waals surface area contributed by atoms with Gasteiger partial charge in [0.2, 0.25) is 0 Å². The molecule has 1 unspecified atom stereocenters. The minimum absolute atomic E-state index is 0.0187. The zero-order chi connectivity index (χ0) is 30.8. The quantitative estimate of drug-likeness (QED) is 0.224. The predicted octanol–water partition coefficient (Wildman–Crippen LogP) is 2.65. The van der Waals surface area contributed by atoms with Gasteiger partial charge in [-0.3, -0.25) is 44.6 Å².